The number of guanidine groups is 1. The second-order valence-electron chi connectivity index (χ2n) is 6.91. The van der Waals surface area contributed by atoms with E-state index in [4.69, 9.17) is 4.99 Å². The molecule has 0 unspecified atom stereocenters. The van der Waals surface area contributed by atoms with Gasteiger partial charge < -0.3 is 9.80 Å². The van der Waals surface area contributed by atoms with Crippen LogP contribution in [-0.2, 0) is 13.1 Å². The van der Waals surface area contributed by atoms with Gasteiger partial charge >= 0.3 is 0 Å². The summed E-state index contributed by atoms with van der Waals surface area (Å²) in [6.07, 6.45) is 5.50. The van der Waals surface area contributed by atoms with Crippen LogP contribution in [0.3, 0.4) is 0 Å². The fraction of sp³-hybridized carbons (Fsp3) is 0.632. The molecule has 1 heterocycles. The third-order valence-electron chi connectivity index (χ3n) is 4.33. The Kier molecular flexibility index (Phi) is 9.66. The van der Waals surface area contributed by atoms with Crippen LogP contribution in [-0.4, -0.2) is 61.9 Å². The molecule has 0 aliphatic carbocycles. The molecule has 1 saturated heterocycles. The van der Waals surface area contributed by atoms with Gasteiger partial charge in [0.2, 0.25) is 0 Å². The Morgan fingerprint density at radius 3 is 1.88 bits per heavy atom. The number of hydrogen-bond donors (Lipinski definition) is 0. The highest BCUT2D eigenvalue weighted by Crippen LogP contribution is 2.14. The topological polar surface area (TPSA) is 22.1 Å². The lowest BCUT2D eigenvalue weighted by atomic mass is 10.1. The minimum atomic E-state index is 0. The zero-order chi connectivity index (χ0) is 16.7. The Labute approximate surface area is 164 Å². The van der Waals surface area contributed by atoms with Crippen LogP contribution in [0.1, 0.15) is 36.8 Å². The van der Waals surface area contributed by atoms with Gasteiger partial charge in [0.25, 0.3) is 0 Å². The summed E-state index contributed by atoms with van der Waals surface area (Å²) in [6, 6.07) is 8.97. The first-order valence-electron chi connectivity index (χ1n) is 8.75. The maximum absolute atomic E-state index is 4.71. The van der Waals surface area contributed by atoms with Crippen molar-refractivity contribution in [3.63, 3.8) is 0 Å². The largest absolute Gasteiger partial charge is 0.349 e. The summed E-state index contributed by atoms with van der Waals surface area (Å²) in [4.78, 5) is 11.4. The molecule has 2 rings (SSSR count). The van der Waals surface area contributed by atoms with Crippen LogP contribution in [0.4, 0.5) is 0 Å². The Morgan fingerprint density at radius 2 is 1.38 bits per heavy atom. The summed E-state index contributed by atoms with van der Waals surface area (Å²) in [6.45, 7) is 4.32. The van der Waals surface area contributed by atoms with Crippen molar-refractivity contribution in [2.24, 2.45) is 4.99 Å². The Morgan fingerprint density at radius 1 is 0.875 bits per heavy atom. The molecular weight excluding hydrogens is 411 g/mol. The minimum absolute atomic E-state index is 0. The van der Waals surface area contributed by atoms with Gasteiger partial charge in [-0.2, -0.15) is 0 Å². The van der Waals surface area contributed by atoms with Gasteiger partial charge in [-0.1, -0.05) is 37.1 Å². The molecule has 0 radical (unpaired) electrons. The second kappa shape index (κ2) is 10.9. The highest BCUT2D eigenvalue weighted by molar-refractivity contribution is 14.0. The molecule has 1 aliphatic rings. The number of hydrogen-bond acceptors (Lipinski definition) is 2. The molecule has 24 heavy (non-hydrogen) atoms. The molecule has 0 aromatic heterocycles. The summed E-state index contributed by atoms with van der Waals surface area (Å²) in [5.74, 6) is 0.999. The molecule has 1 aromatic rings. The predicted molar refractivity (Wildman–Crippen MR) is 114 cm³/mol. The lowest BCUT2D eigenvalue weighted by Crippen LogP contribution is -2.35. The zero-order valence-electron chi connectivity index (χ0n) is 15.7. The van der Waals surface area contributed by atoms with Crippen molar-refractivity contribution in [1.29, 1.82) is 0 Å². The summed E-state index contributed by atoms with van der Waals surface area (Å²) in [5, 5.41) is 0. The molecule has 0 atom stereocenters. The highest BCUT2D eigenvalue weighted by atomic mass is 127. The SMILES string of the molecule is CN(C)C(=NCc1ccc(CN2CCCCCC2)cc1)N(C)C.I. The van der Waals surface area contributed by atoms with E-state index in [1.54, 1.807) is 0 Å². The van der Waals surface area contributed by atoms with Crippen molar-refractivity contribution in [2.45, 2.75) is 38.8 Å². The van der Waals surface area contributed by atoms with Crippen LogP contribution in [0.5, 0.6) is 0 Å². The van der Waals surface area contributed by atoms with Crippen molar-refractivity contribution < 1.29 is 0 Å². The Bertz CT molecular complexity index is 479. The predicted octanol–water partition coefficient (Wildman–Crippen LogP) is 3.66. The van der Waals surface area contributed by atoms with Crippen molar-refractivity contribution >= 4 is 29.9 Å². The van der Waals surface area contributed by atoms with Crippen LogP contribution >= 0.6 is 24.0 Å². The van der Waals surface area contributed by atoms with Gasteiger partial charge in [-0.15, -0.1) is 24.0 Å². The van der Waals surface area contributed by atoms with Gasteiger partial charge in [0.05, 0.1) is 6.54 Å². The van der Waals surface area contributed by atoms with Crippen molar-refractivity contribution in [1.82, 2.24) is 14.7 Å². The van der Waals surface area contributed by atoms with E-state index in [2.05, 4.69) is 29.2 Å². The lowest BCUT2D eigenvalue weighted by Gasteiger charge is -2.22. The standard InChI is InChI=1S/C19H32N4.HI/c1-21(2)19(22(3)4)20-15-17-9-11-18(12-10-17)16-23-13-7-5-6-8-14-23;/h9-12H,5-8,13-16H2,1-4H3;1H. The summed E-state index contributed by atoms with van der Waals surface area (Å²) in [5.41, 5.74) is 2.69. The molecular formula is C19H33IN4. The van der Waals surface area contributed by atoms with Crippen molar-refractivity contribution in [3.05, 3.63) is 35.4 Å². The molecule has 0 spiro atoms. The van der Waals surface area contributed by atoms with E-state index < -0.39 is 0 Å². The third-order valence-corrected chi connectivity index (χ3v) is 4.33. The molecule has 0 bridgehead atoms. The van der Waals surface area contributed by atoms with Gasteiger partial charge in [-0.05, 0) is 37.1 Å². The zero-order valence-corrected chi connectivity index (χ0v) is 18.0. The van der Waals surface area contributed by atoms with Gasteiger partial charge in [-0.3, -0.25) is 4.90 Å². The van der Waals surface area contributed by atoms with E-state index in [0.29, 0.717) is 0 Å². The molecule has 0 amide bonds. The summed E-state index contributed by atoms with van der Waals surface area (Å²) >= 11 is 0. The summed E-state index contributed by atoms with van der Waals surface area (Å²) in [7, 11) is 8.12. The second-order valence-corrected chi connectivity index (χ2v) is 6.91. The van der Waals surface area contributed by atoms with Gasteiger partial charge in [0.1, 0.15) is 0 Å². The van der Waals surface area contributed by atoms with Gasteiger partial charge in [0.15, 0.2) is 5.96 Å². The maximum atomic E-state index is 4.71. The average Bonchev–Trinajstić information content (AvgIpc) is 2.77. The van der Waals surface area contributed by atoms with Gasteiger partial charge in [-0.25, -0.2) is 4.99 Å². The Hall–Kier alpha value is -0.820. The van der Waals surface area contributed by atoms with Crippen LogP contribution < -0.4 is 0 Å². The molecule has 1 aromatic carbocycles. The number of rotatable bonds is 4. The third kappa shape index (κ3) is 6.97. The number of aliphatic imine (C=N–C) groups is 1. The molecule has 5 heteroatoms. The summed E-state index contributed by atoms with van der Waals surface area (Å²) < 4.78 is 0. The van der Waals surface area contributed by atoms with E-state index in [9.17, 15) is 0 Å². The molecule has 1 aliphatic heterocycles. The first kappa shape index (κ1) is 21.2. The highest BCUT2D eigenvalue weighted by Gasteiger charge is 2.09. The fourth-order valence-corrected chi connectivity index (χ4v) is 3.15. The monoisotopic (exact) mass is 444 g/mol. The number of halogens is 1. The first-order chi connectivity index (χ1) is 11.1. The van der Waals surface area contributed by atoms with E-state index in [1.807, 2.05) is 38.0 Å². The van der Waals surface area contributed by atoms with Crippen LogP contribution in [0.2, 0.25) is 0 Å². The lowest BCUT2D eigenvalue weighted by molar-refractivity contribution is 0.277. The number of nitrogens with zero attached hydrogens (tertiary/aromatic N) is 4. The molecule has 0 N–H and O–H groups in total. The average molecular weight is 444 g/mol. The van der Waals surface area contributed by atoms with E-state index >= 15 is 0 Å². The number of likely N-dealkylation sites (tertiary alicyclic amines) is 1. The normalized spacial score (nSPS) is 15.2. The molecule has 4 nitrogen and oxygen atoms in total. The van der Waals surface area contributed by atoms with Crippen LogP contribution in [0.25, 0.3) is 0 Å². The maximum Gasteiger partial charge on any atom is 0.195 e. The van der Waals surface area contributed by atoms with Crippen molar-refractivity contribution in [2.75, 3.05) is 41.3 Å². The smallest absolute Gasteiger partial charge is 0.195 e. The first-order valence-corrected chi connectivity index (χ1v) is 8.75. The molecule has 1 fully saturated rings. The van der Waals surface area contributed by atoms with Gasteiger partial charge in [0, 0.05) is 34.7 Å². The number of benzene rings is 1. The van der Waals surface area contributed by atoms with E-state index in [-0.39, 0.29) is 24.0 Å². The molecule has 0 saturated carbocycles. The fourth-order valence-electron chi connectivity index (χ4n) is 3.15. The van der Waals surface area contributed by atoms with E-state index in [0.717, 1.165) is 19.0 Å². The van der Waals surface area contributed by atoms with Crippen LogP contribution in [0.15, 0.2) is 29.3 Å². The quantitative estimate of drug-likeness (QED) is 0.402. The minimum Gasteiger partial charge on any atom is -0.349 e. The van der Waals surface area contributed by atoms with E-state index in [1.165, 1.54) is 49.9 Å². The van der Waals surface area contributed by atoms with Crippen molar-refractivity contribution in [3.8, 4) is 0 Å². The van der Waals surface area contributed by atoms with Crippen LogP contribution in [0, 0.1) is 0 Å². The molecule has 136 valence electrons. The Balaban J connectivity index is 0.00000288.